The van der Waals surface area contributed by atoms with E-state index in [1.807, 2.05) is 0 Å². The highest BCUT2D eigenvalue weighted by Gasteiger charge is 2.24. The Labute approximate surface area is 77.8 Å². The van der Waals surface area contributed by atoms with Gasteiger partial charge >= 0.3 is 12.1 Å². The maximum Gasteiger partial charge on any atom is 0.418 e. The van der Waals surface area contributed by atoms with Crippen LogP contribution in [0.3, 0.4) is 0 Å². The van der Waals surface area contributed by atoms with Gasteiger partial charge in [0.15, 0.2) is 0 Å². The lowest BCUT2D eigenvalue weighted by atomic mass is 10.3. The zero-order chi connectivity index (χ0) is 10.6. The Morgan fingerprint density at radius 1 is 1.23 bits per heavy atom. The van der Waals surface area contributed by atoms with Crippen LogP contribution in [0.25, 0.3) is 0 Å². The van der Waals surface area contributed by atoms with Crippen LogP contribution in [-0.4, -0.2) is 29.2 Å². The van der Waals surface area contributed by atoms with E-state index in [9.17, 15) is 9.59 Å². The number of hydrogen-bond donors (Lipinski definition) is 1. The molecule has 5 heteroatoms. The number of imide groups is 1. The van der Waals surface area contributed by atoms with E-state index < -0.39 is 12.1 Å². The van der Waals surface area contributed by atoms with E-state index in [2.05, 4.69) is 0 Å². The standard InChI is InChI=1S/C8H16N2O3/c1-5(2)10(7(9)11)8(12)13-6(3)4/h5-6H,1-4H3,(H2,9,11). The number of ether oxygens (including phenoxy) is 1. The molecule has 0 saturated heterocycles. The van der Waals surface area contributed by atoms with Crippen molar-refractivity contribution in [1.82, 2.24) is 4.90 Å². The average molecular weight is 188 g/mol. The number of carbonyl (C=O) groups excluding carboxylic acids is 2. The second kappa shape index (κ2) is 4.69. The Bertz CT molecular complexity index is 202. The smallest absolute Gasteiger partial charge is 0.418 e. The van der Waals surface area contributed by atoms with Crippen LogP contribution in [-0.2, 0) is 4.74 Å². The number of amides is 3. The minimum atomic E-state index is -0.791. The Morgan fingerprint density at radius 3 is 1.92 bits per heavy atom. The number of primary amides is 1. The van der Waals surface area contributed by atoms with E-state index >= 15 is 0 Å². The first-order valence-electron chi connectivity index (χ1n) is 4.15. The van der Waals surface area contributed by atoms with Crippen molar-refractivity contribution in [3.8, 4) is 0 Å². The number of rotatable bonds is 2. The van der Waals surface area contributed by atoms with Gasteiger partial charge in [-0.15, -0.1) is 0 Å². The molecule has 0 unspecified atom stereocenters. The zero-order valence-corrected chi connectivity index (χ0v) is 8.40. The monoisotopic (exact) mass is 188 g/mol. The first-order valence-corrected chi connectivity index (χ1v) is 4.15. The Morgan fingerprint density at radius 2 is 1.69 bits per heavy atom. The van der Waals surface area contributed by atoms with Crippen LogP contribution in [0.15, 0.2) is 0 Å². The summed E-state index contributed by atoms with van der Waals surface area (Å²) in [7, 11) is 0. The fourth-order valence-electron chi connectivity index (χ4n) is 0.814. The molecule has 13 heavy (non-hydrogen) atoms. The van der Waals surface area contributed by atoms with E-state index in [1.54, 1.807) is 27.7 Å². The lowest BCUT2D eigenvalue weighted by Crippen LogP contribution is -2.46. The minimum Gasteiger partial charge on any atom is -0.446 e. The fraction of sp³-hybridized carbons (Fsp3) is 0.750. The SMILES string of the molecule is CC(C)OC(=O)N(C(N)=O)C(C)C. The molecule has 0 aromatic rings. The molecule has 2 N–H and O–H groups in total. The van der Waals surface area contributed by atoms with Crippen LogP contribution in [0.5, 0.6) is 0 Å². The summed E-state index contributed by atoms with van der Waals surface area (Å²) in [4.78, 5) is 22.9. The molecule has 0 saturated carbocycles. The van der Waals surface area contributed by atoms with Gasteiger partial charge in [-0.05, 0) is 27.7 Å². The largest absolute Gasteiger partial charge is 0.446 e. The second-order valence-electron chi connectivity index (χ2n) is 3.23. The summed E-state index contributed by atoms with van der Waals surface area (Å²) in [6.07, 6.45) is -0.953. The van der Waals surface area contributed by atoms with E-state index in [1.165, 1.54) is 0 Å². The molecule has 0 radical (unpaired) electrons. The normalized spacial score (nSPS) is 10.3. The summed E-state index contributed by atoms with van der Waals surface area (Å²) in [5.41, 5.74) is 5.00. The summed E-state index contributed by atoms with van der Waals surface area (Å²) in [6.45, 7) is 6.79. The summed E-state index contributed by atoms with van der Waals surface area (Å²) >= 11 is 0. The second-order valence-corrected chi connectivity index (χ2v) is 3.23. The molecule has 0 heterocycles. The summed E-state index contributed by atoms with van der Waals surface area (Å²) in [5, 5.41) is 0. The predicted octanol–water partition coefficient (Wildman–Crippen LogP) is 1.32. The molecule has 0 atom stereocenters. The molecule has 0 aromatic heterocycles. The highest BCUT2D eigenvalue weighted by Crippen LogP contribution is 2.03. The zero-order valence-electron chi connectivity index (χ0n) is 8.40. The molecule has 0 aliphatic rings. The molecule has 5 nitrogen and oxygen atoms in total. The van der Waals surface area contributed by atoms with Gasteiger partial charge in [0.1, 0.15) is 0 Å². The van der Waals surface area contributed by atoms with Gasteiger partial charge < -0.3 is 10.5 Å². The lowest BCUT2D eigenvalue weighted by Gasteiger charge is -2.22. The minimum absolute atomic E-state index is 0.256. The van der Waals surface area contributed by atoms with E-state index in [0.29, 0.717) is 0 Å². The third kappa shape index (κ3) is 3.78. The van der Waals surface area contributed by atoms with Gasteiger partial charge in [-0.25, -0.2) is 14.5 Å². The van der Waals surface area contributed by atoms with Crippen LogP contribution in [0.2, 0.25) is 0 Å². The molecule has 0 bridgehead atoms. The maximum absolute atomic E-state index is 11.2. The average Bonchev–Trinajstić information content (AvgIpc) is 1.81. The van der Waals surface area contributed by atoms with Gasteiger partial charge in [0.25, 0.3) is 0 Å². The van der Waals surface area contributed by atoms with Crippen LogP contribution < -0.4 is 5.73 Å². The molecule has 3 amide bonds. The van der Waals surface area contributed by atoms with Gasteiger partial charge in [0.2, 0.25) is 0 Å². The van der Waals surface area contributed by atoms with Gasteiger partial charge in [-0.2, -0.15) is 0 Å². The molecule has 0 spiro atoms. The van der Waals surface area contributed by atoms with Crippen LogP contribution >= 0.6 is 0 Å². The van der Waals surface area contributed by atoms with Crippen molar-refractivity contribution in [2.75, 3.05) is 0 Å². The Hall–Kier alpha value is -1.26. The van der Waals surface area contributed by atoms with Crippen LogP contribution in [0.4, 0.5) is 9.59 Å². The summed E-state index contributed by atoms with van der Waals surface area (Å²) < 4.78 is 4.82. The number of urea groups is 1. The van der Waals surface area contributed by atoms with Gasteiger partial charge in [-0.1, -0.05) is 0 Å². The Kier molecular flexibility index (Phi) is 4.23. The molecule has 76 valence electrons. The first kappa shape index (κ1) is 11.7. The maximum atomic E-state index is 11.2. The van der Waals surface area contributed by atoms with Crippen molar-refractivity contribution < 1.29 is 14.3 Å². The third-order valence-electron chi connectivity index (χ3n) is 1.29. The molecule has 0 rings (SSSR count). The lowest BCUT2D eigenvalue weighted by molar-refractivity contribution is 0.0795. The number of hydrogen-bond acceptors (Lipinski definition) is 3. The van der Waals surface area contributed by atoms with Gasteiger partial charge in [0.05, 0.1) is 6.10 Å². The van der Waals surface area contributed by atoms with Gasteiger partial charge in [-0.3, -0.25) is 0 Å². The van der Waals surface area contributed by atoms with Crippen molar-refractivity contribution >= 4 is 12.1 Å². The topological polar surface area (TPSA) is 72.6 Å². The van der Waals surface area contributed by atoms with Crippen molar-refractivity contribution in [2.45, 2.75) is 39.8 Å². The predicted molar refractivity (Wildman–Crippen MR) is 48.2 cm³/mol. The van der Waals surface area contributed by atoms with Crippen LogP contribution in [0.1, 0.15) is 27.7 Å². The molecule has 0 aromatic carbocycles. The number of nitrogens with zero attached hydrogens (tertiary/aromatic N) is 1. The van der Waals surface area contributed by atoms with Crippen molar-refractivity contribution in [3.63, 3.8) is 0 Å². The Balaban J connectivity index is 4.38. The third-order valence-corrected chi connectivity index (χ3v) is 1.29. The molecule has 0 aliphatic carbocycles. The molecular formula is C8H16N2O3. The highest BCUT2D eigenvalue weighted by molar-refractivity contribution is 5.90. The molecule has 0 fully saturated rings. The van der Waals surface area contributed by atoms with E-state index in [4.69, 9.17) is 10.5 Å². The number of nitrogens with two attached hydrogens (primary N) is 1. The molecular weight excluding hydrogens is 172 g/mol. The van der Waals surface area contributed by atoms with Gasteiger partial charge in [0, 0.05) is 6.04 Å². The highest BCUT2D eigenvalue weighted by atomic mass is 16.6. The molecule has 0 aliphatic heterocycles. The van der Waals surface area contributed by atoms with E-state index in [0.717, 1.165) is 4.90 Å². The van der Waals surface area contributed by atoms with Crippen molar-refractivity contribution in [2.24, 2.45) is 5.73 Å². The quantitative estimate of drug-likeness (QED) is 0.710. The summed E-state index contributed by atoms with van der Waals surface area (Å²) in [6, 6.07) is -1.08. The van der Waals surface area contributed by atoms with Crippen LogP contribution in [0, 0.1) is 0 Å². The first-order chi connectivity index (χ1) is 5.86. The fourth-order valence-corrected chi connectivity index (χ4v) is 0.814. The van der Waals surface area contributed by atoms with Crippen molar-refractivity contribution in [3.05, 3.63) is 0 Å². The van der Waals surface area contributed by atoms with E-state index in [-0.39, 0.29) is 12.1 Å². The van der Waals surface area contributed by atoms with Crippen molar-refractivity contribution in [1.29, 1.82) is 0 Å². The number of carbonyl (C=O) groups is 2. The summed E-state index contributed by atoms with van der Waals surface area (Å²) in [5.74, 6) is 0.